The predicted octanol–water partition coefficient (Wildman–Crippen LogP) is 1.08. The molecule has 0 aliphatic heterocycles. The SMILES string of the molecule is COc1cc(C[C@H](N)C(=O)O)ccc1N.Cl.Cl. The molecule has 0 aromatic heterocycles. The second kappa shape index (κ2) is 8.00. The molecule has 17 heavy (non-hydrogen) atoms. The lowest BCUT2D eigenvalue weighted by Gasteiger charge is -2.09. The number of methoxy groups -OCH3 is 1. The van der Waals surface area contributed by atoms with Crippen LogP contribution in [0.25, 0.3) is 0 Å². The van der Waals surface area contributed by atoms with Crippen molar-refractivity contribution in [2.75, 3.05) is 12.8 Å². The van der Waals surface area contributed by atoms with E-state index in [-0.39, 0.29) is 31.2 Å². The summed E-state index contributed by atoms with van der Waals surface area (Å²) in [6, 6.07) is 4.19. The highest BCUT2D eigenvalue weighted by molar-refractivity contribution is 5.85. The summed E-state index contributed by atoms with van der Waals surface area (Å²) in [5.74, 6) is -0.490. The zero-order valence-electron chi connectivity index (χ0n) is 9.25. The maximum Gasteiger partial charge on any atom is 0.320 e. The fraction of sp³-hybridized carbons (Fsp3) is 0.300. The monoisotopic (exact) mass is 282 g/mol. The van der Waals surface area contributed by atoms with Gasteiger partial charge in [0.15, 0.2) is 0 Å². The smallest absolute Gasteiger partial charge is 0.320 e. The summed E-state index contributed by atoms with van der Waals surface area (Å²) in [4.78, 5) is 10.5. The number of hydrogen-bond acceptors (Lipinski definition) is 4. The zero-order valence-corrected chi connectivity index (χ0v) is 10.9. The van der Waals surface area contributed by atoms with Crippen LogP contribution in [-0.4, -0.2) is 24.2 Å². The van der Waals surface area contributed by atoms with Crippen molar-refractivity contribution in [2.24, 2.45) is 5.73 Å². The summed E-state index contributed by atoms with van der Waals surface area (Å²) in [5.41, 5.74) is 12.3. The van der Waals surface area contributed by atoms with E-state index in [0.29, 0.717) is 11.4 Å². The second-order valence-electron chi connectivity index (χ2n) is 3.23. The van der Waals surface area contributed by atoms with Gasteiger partial charge < -0.3 is 21.3 Å². The van der Waals surface area contributed by atoms with Gasteiger partial charge in [0.2, 0.25) is 0 Å². The Morgan fingerprint density at radius 3 is 2.53 bits per heavy atom. The van der Waals surface area contributed by atoms with Gasteiger partial charge in [-0.25, -0.2) is 0 Å². The van der Waals surface area contributed by atoms with Gasteiger partial charge in [0, 0.05) is 0 Å². The fourth-order valence-electron chi connectivity index (χ4n) is 1.22. The number of aliphatic carboxylic acids is 1. The minimum absolute atomic E-state index is 0. The number of carboxylic acid groups (broad SMARTS) is 1. The Morgan fingerprint density at radius 2 is 2.06 bits per heavy atom. The van der Waals surface area contributed by atoms with E-state index in [1.54, 1.807) is 18.2 Å². The number of hydrogen-bond donors (Lipinski definition) is 3. The van der Waals surface area contributed by atoms with Gasteiger partial charge in [0.25, 0.3) is 0 Å². The van der Waals surface area contributed by atoms with Crippen LogP contribution in [0.15, 0.2) is 18.2 Å². The molecule has 7 heteroatoms. The van der Waals surface area contributed by atoms with Crippen LogP contribution in [0.1, 0.15) is 5.56 Å². The highest BCUT2D eigenvalue weighted by Crippen LogP contribution is 2.22. The van der Waals surface area contributed by atoms with Crippen LogP contribution in [0.3, 0.4) is 0 Å². The van der Waals surface area contributed by atoms with Crippen molar-refractivity contribution in [1.29, 1.82) is 0 Å². The zero-order chi connectivity index (χ0) is 11.4. The Bertz CT molecular complexity index is 375. The molecular formula is C10H16Cl2N2O3. The first-order chi connectivity index (χ1) is 7.04. The van der Waals surface area contributed by atoms with Gasteiger partial charge in [0.1, 0.15) is 11.8 Å². The van der Waals surface area contributed by atoms with E-state index in [4.69, 9.17) is 21.3 Å². The maximum atomic E-state index is 10.5. The number of rotatable bonds is 4. The summed E-state index contributed by atoms with van der Waals surface area (Å²) < 4.78 is 5.01. The normalized spacial score (nSPS) is 10.7. The molecule has 1 aromatic rings. The number of carboxylic acids is 1. The Balaban J connectivity index is 0. The average Bonchev–Trinajstić information content (AvgIpc) is 2.20. The third-order valence-corrected chi connectivity index (χ3v) is 2.07. The molecule has 0 aliphatic carbocycles. The maximum absolute atomic E-state index is 10.5. The van der Waals surface area contributed by atoms with Crippen LogP contribution in [-0.2, 0) is 11.2 Å². The van der Waals surface area contributed by atoms with E-state index in [9.17, 15) is 4.79 Å². The lowest BCUT2D eigenvalue weighted by Crippen LogP contribution is -2.32. The van der Waals surface area contributed by atoms with Crippen LogP contribution < -0.4 is 16.2 Å². The van der Waals surface area contributed by atoms with Crippen LogP contribution in [0.5, 0.6) is 5.75 Å². The van der Waals surface area contributed by atoms with E-state index in [2.05, 4.69) is 0 Å². The molecule has 0 bridgehead atoms. The van der Waals surface area contributed by atoms with Crippen LogP contribution >= 0.6 is 24.8 Å². The molecule has 0 heterocycles. The quantitative estimate of drug-likeness (QED) is 0.718. The fourth-order valence-corrected chi connectivity index (χ4v) is 1.22. The van der Waals surface area contributed by atoms with Crippen molar-refractivity contribution in [3.8, 4) is 5.75 Å². The van der Waals surface area contributed by atoms with E-state index in [1.165, 1.54) is 7.11 Å². The van der Waals surface area contributed by atoms with Gasteiger partial charge in [-0.3, -0.25) is 4.79 Å². The molecule has 5 nitrogen and oxygen atoms in total. The lowest BCUT2D eigenvalue weighted by molar-refractivity contribution is -0.138. The first-order valence-electron chi connectivity index (χ1n) is 4.45. The van der Waals surface area contributed by atoms with Crippen molar-refractivity contribution < 1.29 is 14.6 Å². The highest BCUT2D eigenvalue weighted by Gasteiger charge is 2.12. The minimum atomic E-state index is -1.02. The molecule has 0 aliphatic rings. The average molecular weight is 283 g/mol. The second-order valence-corrected chi connectivity index (χ2v) is 3.23. The van der Waals surface area contributed by atoms with Crippen LogP contribution in [0.4, 0.5) is 5.69 Å². The van der Waals surface area contributed by atoms with Crippen molar-refractivity contribution in [3.05, 3.63) is 23.8 Å². The van der Waals surface area contributed by atoms with E-state index in [1.807, 2.05) is 0 Å². The summed E-state index contributed by atoms with van der Waals surface area (Å²) in [6.45, 7) is 0. The summed E-state index contributed by atoms with van der Waals surface area (Å²) in [7, 11) is 1.51. The first-order valence-corrected chi connectivity index (χ1v) is 4.45. The van der Waals surface area contributed by atoms with Gasteiger partial charge in [-0.1, -0.05) is 6.07 Å². The third kappa shape index (κ3) is 5.12. The molecule has 98 valence electrons. The third-order valence-electron chi connectivity index (χ3n) is 2.07. The molecule has 0 fully saturated rings. The molecule has 1 atom stereocenters. The molecular weight excluding hydrogens is 267 g/mol. The molecule has 1 rings (SSSR count). The lowest BCUT2D eigenvalue weighted by atomic mass is 10.1. The predicted molar refractivity (Wildman–Crippen MR) is 71.2 cm³/mol. The Hall–Kier alpha value is -1.17. The molecule has 0 saturated carbocycles. The van der Waals surface area contributed by atoms with E-state index >= 15 is 0 Å². The summed E-state index contributed by atoms with van der Waals surface area (Å²) >= 11 is 0. The number of carbonyl (C=O) groups is 1. The van der Waals surface area contributed by atoms with Crippen molar-refractivity contribution in [3.63, 3.8) is 0 Å². The molecule has 0 amide bonds. The van der Waals surface area contributed by atoms with Gasteiger partial charge >= 0.3 is 5.97 Å². The van der Waals surface area contributed by atoms with Crippen molar-refractivity contribution in [1.82, 2.24) is 0 Å². The minimum Gasteiger partial charge on any atom is -0.495 e. The molecule has 0 spiro atoms. The molecule has 5 N–H and O–H groups in total. The van der Waals surface area contributed by atoms with Gasteiger partial charge in [-0.15, -0.1) is 24.8 Å². The topological polar surface area (TPSA) is 98.6 Å². The Labute approximate surface area is 112 Å². The number of benzene rings is 1. The van der Waals surface area contributed by atoms with Crippen molar-refractivity contribution >= 4 is 36.5 Å². The molecule has 0 saturated heterocycles. The van der Waals surface area contributed by atoms with Gasteiger partial charge in [-0.2, -0.15) is 0 Å². The number of ether oxygens (including phenoxy) is 1. The number of anilines is 1. The number of nitrogens with two attached hydrogens (primary N) is 2. The van der Waals surface area contributed by atoms with E-state index < -0.39 is 12.0 Å². The van der Waals surface area contributed by atoms with Gasteiger partial charge in [-0.05, 0) is 24.1 Å². The number of nitrogen functional groups attached to an aromatic ring is 1. The van der Waals surface area contributed by atoms with Crippen LogP contribution in [0, 0.1) is 0 Å². The Morgan fingerprint density at radius 1 is 1.47 bits per heavy atom. The molecule has 0 unspecified atom stereocenters. The van der Waals surface area contributed by atoms with Crippen LogP contribution in [0.2, 0.25) is 0 Å². The molecule has 1 aromatic carbocycles. The first kappa shape index (κ1) is 18.2. The summed E-state index contributed by atoms with van der Waals surface area (Å²) in [6.07, 6.45) is 0.256. The van der Waals surface area contributed by atoms with Crippen molar-refractivity contribution in [2.45, 2.75) is 12.5 Å². The largest absolute Gasteiger partial charge is 0.495 e. The number of halogens is 2. The standard InChI is InChI=1S/C10H14N2O3.2ClH/c1-15-9-5-6(2-3-7(9)11)4-8(12)10(13)14;;/h2-3,5,8H,4,11-12H2,1H3,(H,13,14);2*1H/t8-;;/m0../s1. The van der Waals surface area contributed by atoms with Gasteiger partial charge in [0.05, 0.1) is 12.8 Å². The summed E-state index contributed by atoms with van der Waals surface area (Å²) in [5, 5.41) is 8.64. The molecule has 0 radical (unpaired) electrons. The van der Waals surface area contributed by atoms with E-state index in [0.717, 1.165) is 5.56 Å². The highest BCUT2D eigenvalue weighted by atomic mass is 35.5. The Kier molecular flexibility index (Phi) is 8.57.